The molecular formula is C17H19ClN2O4. The first kappa shape index (κ1) is 16.8. The Hall–Kier alpha value is -2.08. The highest BCUT2D eigenvalue weighted by atomic mass is 35.5. The Balaban J connectivity index is 1.74. The maximum atomic E-state index is 12.6. The molecule has 7 heteroatoms. The molecule has 1 fully saturated rings. The first-order chi connectivity index (χ1) is 11.2. The first-order valence-corrected chi connectivity index (χ1v) is 8.20. The lowest BCUT2D eigenvalue weighted by atomic mass is 10.1. The number of ether oxygens (including phenoxy) is 1. The van der Waals surface area contributed by atoms with E-state index in [-0.39, 0.29) is 24.4 Å². The molecule has 0 aliphatic carbocycles. The van der Waals surface area contributed by atoms with Crippen molar-refractivity contribution in [2.24, 2.45) is 0 Å². The number of benzene rings is 1. The molecule has 1 saturated heterocycles. The molecule has 0 aromatic heterocycles. The van der Waals surface area contributed by atoms with Gasteiger partial charge in [-0.15, -0.1) is 0 Å². The summed E-state index contributed by atoms with van der Waals surface area (Å²) >= 11 is 5.92. The fourth-order valence-electron chi connectivity index (χ4n) is 3.01. The van der Waals surface area contributed by atoms with Crippen LogP contribution in [0, 0.1) is 0 Å². The molecule has 6 nitrogen and oxygen atoms in total. The van der Waals surface area contributed by atoms with Crippen LogP contribution in [-0.2, 0) is 4.74 Å². The van der Waals surface area contributed by atoms with Crippen molar-refractivity contribution in [3.8, 4) is 0 Å². The maximum absolute atomic E-state index is 12.6. The summed E-state index contributed by atoms with van der Waals surface area (Å²) in [5.41, 5.74) is 0.102. The Morgan fingerprint density at radius 3 is 2.54 bits per heavy atom. The molecule has 2 aliphatic heterocycles. The molecule has 1 aromatic rings. The van der Waals surface area contributed by atoms with Gasteiger partial charge in [-0.25, -0.2) is 4.79 Å². The summed E-state index contributed by atoms with van der Waals surface area (Å²) in [7, 11) is 0. The van der Waals surface area contributed by atoms with Gasteiger partial charge in [-0.1, -0.05) is 11.6 Å². The van der Waals surface area contributed by atoms with E-state index < -0.39 is 11.7 Å². The van der Waals surface area contributed by atoms with Gasteiger partial charge in [0.1, 0.15) is 5.60 Å². The van der Waals surface area contributed by atoms with Gasteiger partial charge < -0.3 is 9.64 Å². The number of hydrogen-bond donors (Lipinski definition) is 0. The minimum Gasteiger partial charge on any atom is -0.444 e. The van der Waals surface area contributed by atoms with E-state index in [1.807, 2.05) is 0 Å². The zero-order valence-electron chi connectivity index (χ0n) is 13.8. The fraction of sp³-hybridized carbons (Fsp3) is 0.471. The van der Waals surface area contributed by atoms with E-state index in [9.17, 15) is 14.4 Å². The van der Waals surface area contributed by atoms with Crippen LogP contribution in [0.2, 0.25) is 5.02 Å². The molecule has 0 bridgehead atoms. The Morgan fingerprint density at radius 1 is 1.21 bits per heavy atom. The van der Waals surface area contributed by atoms with Crippen LogP contribution < -0.4 is 0 Å². The van der Waals surface area contributed by atoms with Crippen LogP contribution in [0.3, 0.4) is 0 Å². The van der Waals surface area contributed by atoms with Gasteiger partial charge in [0, 0.05) is 18.1 Å². The van der Waals surface area contributed by atoms with Crippen LogP contribution in [-0.4, -0.2) is 52.4 Å². The predicted molar refractivity (Wildman–Crippen MR) is 88.2 cm³/mol. The van der Waals surface area contributed by atoms with Gasteiger partial charge in [-0.2, -0.15) is 0 Å². The van der Waals surface area contributed by atoms with E-state index in [0.29, 0.717) is 29.1 Å². The minimum absolute atomic E-state index is 0.286. The molecule has 0 radical (unpaired) electrons. The van der Waals surface area contributed by atoms with Crippen molar-refractivity contribution in [3.05, 3.63) is 34.3 Å². The van der Waals surface area contributed by atoms with Gasteiger partial charge in [0.05, 0.1) is 17.2 Å². The molecule has 128 valence electrons. The third-order valence-electron chi connectivity index (χ3n) is 4.06. The average Bonchev–Trinajstić information content (AvgIpc) is 3.02. The van der Waals surface area contributed by atoms with Gasteiger partial charge in [0.2, 0.25) is 0 Å². The Kier molecular flexibility index (Phi) is 4.03. The summed E-state index contributed by atoms with van der Waals surface area (Å²) in [5.74, 6) is -0.684. The predicted octanol–water partition coefficient (Wildman–Crippen LogP) is 2.95. The lowest BCUT2D eigenvalue weighted by molar-refractivity contribution is 0.0273. The standard InChI is InChI=1S/C17H19ClN2O4/c1-17(2,3)24-16(23)19-7-6-11(9-19)20-14(21)12-5-4-10(18)8-13(12)15(20)22/h4-5,8,11H,6-7,9H2,1-3H3. The molecular weight excluding hydrogens is 332 g/mol. The number of carbonyl (C=O) groups is 3. The molecule has 3 amide bonds. The summed E-state index contributed by atoms with van der Waals surface area (Å²) in [6, 6.07) is 4.33. The highest BCUT2D eigenvalue weighted by Crippen LogP contribution is 2.30. The topological polar surface area (TPSA) is 66.9 Å². The summed E-state index contributed by atoms with van der Waals surface area (Å²) in [6.07, 6.45) is 0.114. The second-order valence-electron chi connectivity index (χ2n) is 7.04. The van der Waals surface area contributed by atoms with Gasteiger partial charge in [0.15, 0.2) is 0 Å². The Morgan fingerprint density at radius 2 is 1.88 bits per heavy atom. The molecule has 3 rings (SSSR count). The third kappa shape index (κ3) is 2.98. The molecule has 2 aliphatic rings. The molecule has 2 heterocycles. The zero-order valence-corrected chi connectivity index (χ0v) is 14.6. The number of imide groups is 1. The van der Waals surface area contributed by atoms with E-state index in [2.05, 4.69) is 0 Å². The number of rotatable bonds is 1. The van der Waals surface area contributed by atoms with Gasteiger partial charge in [-0.05, 0) is 45.4 Å². The van der Waals surface area contributed by atoms with Crippen LogP contribution in [0.1, 0.15) is 47.9 Å². The highest BCUT2D eigenvalue weighted by Gasteiger charge is 2.43. The average molecular weight is 351 g/mol. The second-order valence-corrected chi connectivity index (χ2v) is 7.48. The van der Waals surface area contributed by atoms with Crippen molar-refractivity contribution in [2.45, 2.75) is 38.8 Å². The van der Waals surface area contributed by atoms with E-state index in [1.165, 1.54) is 15.9 Å². The Bertz CT molecular complexity index is 726. The van der Waals surface area contributed by atoms with E-state index >= 15 is 0 Å². The molecule has 24 heavy (non-hydrogen) atoms. The number of carbonyl (C=O) groups excluding carboxylic acids is 3. The number of likely N-dealkylation sites (tertiary alicyclic amines) is 1. The van der Waals surface area contributed by atoms with Crippen molar-refractivity contribution in [3.63, 3.8) is 0 Å². The highest BCUT2D eigenvalue weighted by molar-refractivity contribution is 6.32. The molecule has 1 unspecified atom stereocenters. The van der Waals surface area contributed by atoms with Crippen molar-refractivity contribution in [2.75, 3.05) is 13.1 Å². The largest absolute Gasteiger partial charge is 0.444 e. The Labute approximate surface area is 145 Å². The zero-order chi connectivity index (χ0) is 17.6. The minimum atomic E-state index is -0.582. The van der Waals surface area contributed by atoms with Crippen LogP contribution in [0.5, 0.6) is 0 Å². The maximum Gasteiger partial charge on any atom is 0.410 e. The molecule has 0 spiro atoms. The lowest BCUT2D eigenvalue weighted by Gasteiger charge is -2.25. The van der Waals surface area contributed by atoms with E-state index in [1.54, 1.807) is 32.9 Å². The lowest BCUT2D eigenvalue weighted by Crippen LogP contribution is -2.43. The molecule has 0 N–H and O–H groups in total. The van der Waals surface area contributed by atoms with Crippen molar-refractivity contribution >= 4 is 29.5 Å². The SMILES string of the molecule is CC(C)(C)OC(=O)N1CCC(N2C(=O)c3ccc(Cl)cc3C2=O)C1. The van der Waals surface area contributed by atoms with Gasteiger partial charge in [0.25, 0.3) is 11.8 Å². The monoisotopic (exact) mass is 350 g/mol. The third-order valence-corrected chi connectivity index (χ3v) is 4.30. The van der Waals surface area contributed by atoms with Crippen molar-refractivity contribution in [1.82, 2.24) is 9.80 Å². The van der Waals surface area contributed by atoms with Gasteiger partial charge >= 0.3 is 6.09 Å². The van der Waals surface area contributed by atoms with Crippen LogP contribution in [0.4, 0.5) is 4.79 Å². The summed E-state index contributed by atoms with van der Waals surface area (Å²) in [5, 5.41) is 0.415. The molecule has 1 aromatic carbocycles. The van der Waals surface area contributed by atoms with Crippen molar-refractivity contribution in [1.29, 1.82) is 0 Å². The quantitative estimate of drug-likeness (QED) is 0.730. The van der Waals surface area contributed by atoms with Crippen LogP contribution >= 0.6 is 11.6 Å². The fourth-order valence-corrected chi connectivity index (χ4v) is 3.18. The number of halogens is 1. The summed E-state index contributed by atoms with van der Waals surface area (Å²) < 4.78 is 5.35. The van der Waals surface area contributed by atoms with Gasteiger partial charge in [-0.3, -0.25) is 14.5 Å². The number of hydrogen-bond acceptors (Lipinski definition) is 4. The molecule has 0 saturated carbocycles. The normalized spacial score (nSPS) is 20.6. The van der Waals surface area contributed by atoms with Crippen molar-refractivity contribution < 1.29 is 19.1 Å². The summed E-state index contributed by atoms with van der Waals surface area (Å²) in [6.45, 7) is 6.13. The van der Waals surface area contributed by atoms with Crippen LogP contribution in [0.25, 0.3) is 0 Å². The second kappa shape index (κ2) is 5.77. The van der Waals surface area contributed by atoms with Crippen LogP contribution in [0.15, 0.2) is 18.2 Å². The van der Waals surface area contributed by atoms with E-state index in [0.717, 1.165) is 0 Å². The first-order valence-electron chi connectivity index (χ1n) is 7.83. The summed E-state index contributed by atoms with van der Waals surface area (Å²) in [4.78, 5) is 40.0. The number of nitrogens with zero attached hydrogens (tertiary/aromatic N) is 2. The number of fused-ring (bicyclic) bond motifs is 1. The molecule has 1 atom stereocenters. The smallest absolute Gasteiger partial charge is 0.410 e. The number of amides is 3. The van der Waals surface area contributed by atoms with E-state index in [4.69, 9.17) is 16.3 Å².